The number of hydrogen-bond donors (Lipinski definition) is 0. The van der Waals surface area contributed by atoms with Crippen molar-refractivity contribution < 1.29 is 71.7 Å². The van der Waals surface area contributed by atoms with E-state index in [-0.39, 0.29) is 24.3 Å². The van der Waals surface area contributed by atoms with Crippen LogP contribution < -0.4 is 0 Å². The van der Waals surface area contributed by atoms with Gasteiger partial charge < -0.3 is 9.47 Å². The zero-order valence-electron chi connectivity index (χ0n) is 13.6. The number of halogens is 12. The summed E-state index contributed by atoms with van der Waals surface area (Å²) in [6.07, 6.45) is -22.4. The number of benzene rings is 1. The average molecular weight is 466 g/mol. The Hall–Kier alpha value is -2.68. The van der Waals surface area contributed by atoms with Gasteiger partial charge in [0, 0.05) is 0 Å². The van der Waals surface area contributed by atoms with Crippen LogP contribution in [0.15, 0.2) is 24.3 Å². The summed E-state index contributed by atoms with van der Waals surface area (Å²) in [5.41, 5.74) is -2.23. The molecule has 0 aromatic heterocycles. The molecule has 0 saturated carbocycles. The Kier molecular flexibility index (Phi) is 6.94. The second-order valence-corrected chi connectivity index (χ2v) is 5.24. The maximum absolute atomic E-state index is 13.3. The Morgan fingerprint density at radius 3 is 1.00 bits per heavy atom. The van der Waals surface area contributed by atoms with Crippen molar-refractivity contribution >= 4 is 11.9 Å². The van der Waals surface area contributed by atoms with Crippen molar-refractivity contribution in [3.05, 3.63) is 35.4 Å². The van der Waals surface area contributed by atoms with Gasteiger partial charge in [0.2, 0.25) is 0 Å². The fraction of sp³-hybridized carbons (Fsp3) is 0.429. The third-order valence-electron chi connectivity index (χ3n) is 3.17. The molecule has 0 spiro atoms. The molecule has 0 aliphatic carbocycles. The molecule has 0 aliphatic heterocycles. The molecule has 2 atom stereocenters. The first-order valence-electron chi connectivity index (χ1n) is 7.01. The third-order valence-corrected chi connectivity index (χ3v) is 3.17. The smallest absolute Gasteiger partial charge is 0.411 e. The van der Waals surface area contributed by atoms with Gasteiger partial charge in [0.15, 0.2) is 0 Å². The lowest BCUT2D eigenvalue weighted by Crippen LogP contribution is -2.51. The molecule has 1 aromatic rings. The van der Waals surface area contributed by atoms with Crippen LogP contribution in [0.5, 0.6) is 0 Å². The van der Waals surface area contributed by atoms with E-state index in [0.29, 0.717) is 0 Å². The van der Waals surface area contributed by atoms with Gasteiger partial charge in [0.1, 0.15) is 0 Å². The Morgan fingerprint density at radius 1 is 0.600 bits per heavy atom. The fourth-order valence-electron chi connectivity index (χ4n) is 1.58. The van der Waals surface area contributed by atoms with E-state index in [4.69, 9.17) is 0 Å². The summed E-state index contributed by atoms with van der Waals surface area (Å²) >= 11 is 0. The molecular weight excluding hydrogens is 460 g/mol. The van der Waals surface area contributed by atoms with Gasteiger partial charge in [-0.1, -0.05) is 0 Å². The summed E-state index contributed by atoms with van der Waals surface area (Å²) in [7, 11) is 0. The molecule has 30 heavy (non-hydrogen) atoms. The molecular formula is C14H6F12O4. The van der Waals surface area contributed by atoms with E-state index in [1.165, 1.54) is 0 Å². The number of carbonyl (C=O) groups excluding carboxylic acids is 2. The summed E-state index contributed by atoms with van der Waals surface area (Å²) in [6.45, 7) is 0. The van der Waals surface area contributed by atoms with Crippen molar-refractivity contribution in [2.45, 2.75) is 36.9 Å². The van der Waals surface area contributed by atoms with E-state index in [9.17, 15) is 62.3 Å². The highest BCUT2D eigenvalue weighted by Gasteiger charge is 2.67. The predicted molar refractivity (Wildman–Crippen MR) is 69.1 cm³/mol. The minimum atomic E-state index is -6.35. The van der Waals surface area contributed by atoms with Gasteiger partial charge in [-0.25, -0.2) is 27.2 Å². The fourth-order valence-corrected chi connectivity index (χ4v) is 1.58. The van der Waals surface area contributed by atoms with Crippen LogP contribution in [0.2, 0.25) is 0 Å². The number of esters is 2. The van der Waals surface area contributed by atoms with Crippen molar-refractivity contribution in [2.75, 3.05) is 0 Å². The molecule has 0 unspecified atom stereocenters. The average Bonchev–Trinajstić information content (AvgIpc) is 2.59. The summed E-state index contributed by atoms with van der Waals surface area (Å²) in [6, 6.07) is 1.04. The van der Waals surface area contributed by atoms with Crippen LogP contribution >= 0.6 is 0 Å². The van der Waals surface area contributed by atoms with Gasteiger partial charge in [-0.15, -0.1) is 0 Å². The number of carbonyl (C=O) groups is 2. The molecule has 1 aromatic carbocycles. The van der Waals surface area contributed by atoms with Gasteiger partial charge in [0.05, 0.1) is 11.1 Å². The van der Waals surface area contributed by atoms with Crippen LogP contribution in [0, 0.1) is 0 Å². The minimum Gasteiger partial charge on any atom is -0.411 e. The van der Waals surface area contributed by atoms with Crippen LogP contribution in [0.1, 0.15) is 20.7 Å². The molecule has 0 saturated heterocycles. The summed E-state index contributed by atoms with van der Waals surface area (Å²) in [4.78, 5) is 22.8. The van der Waals surface area contributed by atoms with Gasteiger partial charge in [-0.05, 0) is 24.3 Å². The molecule has 0 heterocycles. The lowest BCUT2D eigenvalue weighted by atomic mass is 10.1. The van der Waals surface area contributed by atoms with Crippen LogP contribution in [0.25, 0.3) is 0 Å². The lowest BCUT2D eigenvalue weighted by molar-refractivity contribution is -0.349. The Balaban J connectivity index is 3.06. The SMILES string of the molecule is O=C(O[C@@](F)(C(F)F)C(F)(F)F)c1ccc(C(=O)O[C@](F)(C(F)F)C(F)(F)F)cc1. The summed E-state index contributed by atoms with van der Waals surface area (Å²) < 4.78 is 156. The highest BCUT2D eigenvalue weighted by Crippen LogP contribution is 2.41. The molecule has 0 N–H and O–H groups in total. The van der Waals surface area contributed by atoms with E-state index in [1.807, 2.05) is 0 Å². The highest BCUT2D eigenvalue weighted by atomic mass is 19.4. The number of alkyl halides is 12. The van der Waals surface area contributed by atoms with E-state index in [1.54, 1.807) is 0 Å². The minimum absolute atomic E-state index is 0.261. The van der Waals surface area contributed by atoms with Gasteiger partial charge in [-0.2, -0.15) is 35.1 Å². The zero-order chi connectivity index (χ0) is 23.7. The van der Waals surface area contributed by atoms with E-state index in [0.717, 1.165) is 0 Å². The Labute approximate surface area is 157 Å². The first-order valence-corrected chi connectivity index (χ1v) is 7.01. The van der Waals surface area contributed by atoms with Crippen molar-refractivity contribution in [2.24, 2.45) is 0 Å². The van der Waals surface area contributed by atoms with Crippen LogP contribution in [0.4, 0.5) is 52.7 Å². The Bertz CT molecular complexity index is 708. The largest absolute Gasteiger partial charge is 0.466 e. The number of hydrogen-bond acceptors (Lipinski definition) is 4. The first kappa shape index (κ1) is 25.4. The maximum atomic E-state index is 13.3. The van der Waals surface area contributed by atoms with Gasteiger partial charge in [0.25, 0.3) is 0 Å². The molecule has 0 radical (unpaired) electrons. The first-order chi connectivity index (χ1) is 13.4. The van der Waals surface area contributed by atoms with E-state index in [2.05, 4.69) is 9.47 Å². The van der Waals surface area contributed by atoms with Crippen LogP contribution in [-0.2, 0) is 9.47 Å². The second-order valence-electron chi connectivity index (χ2n) is 5.24. The quantitative estimate of drug-likeness (QED) is 0.438. The maximum Gasteiger partial charge on any atom is 0.466 e. The molecule has 4 nitrogen and oxygen atoms in total. The van der Waals surface area contributed by atoms with E-state index < -0.39 is 60.0 Å². The molecule has 0 bridgehead atoms. The standard InChI is InChI=1S/C14H6F12O4/c15-9(16)11(19,13(21,22)23)29-7(27)5-1-2-6(4-3-5)8(28)30-12(20,10(17)18)14(24,25)26/h1-4,9-10H/t11-,12+. The Morgan fingerprint density at radius 2 is 0.833 bits per heavy atom. The molecule has 16 heteroatoms. The topological polar surface area (TPSA) is 52.6 Å². The third kappa shape index (κ3) is 4.89. The normalized spacial score (nSPS) is 16.7. The molecule has 170 valence electrons. The number of rotatable bonds is 6. The van der Waals surface area contributed by atoms with Crippen LogP contribution in [0.3, 0.4) is 0 Å². The summed E-state index contributed by atoms with van der Waals surface area (Å²) in [5, 5.41) is 0. The monoisotopic (exact) mass is 466 g/mol. The van der Waals surface area contributed by atoms with Crippen molar-refractivity contribution in [1.29, 1.82) is 0 Å². The molecule has 0 fully saturated rings. The van der Waals surface area contributed by atoms with Crippen molar-refractivity contribution in [3.63, 3.8) is 0 Å². The van der Waals surface area contributed by atoms with Gasteiger partial charge in [-0.3, -0.25) is 0 Å². The van der Waals surface area contributed by atoms with Crippen LogP contribution in [-0.4, -0.2) is 48.9 Å². The van der Waals surface area contributed by atoms with E-state index >= 15 is 0 Å². The predicted octanol–water partition coefficient (Wildman–Crippen LogP) is 4.99. The molecule has 0 amide bonds. The van der Waals surface area contributed by atoms with Crippen molar-refractivity contribution in [3.8, 4) is 0 Å². The zero-order valence-corrected chi connectivity index (χ0v) is 13.6. The lowest BCUT2D eigenvalue weighted by Gasteiger charge is -2.26. The molecule has 1 rings (SSSR count). The number of ether oxygens (including phenoxy) is 2. The van der Waals surface area contributed by atoms with Gasteiger partial charge >= 0.3 is 48.9 Å². The summed E-state index contributed by atoms with van der Waals surface area (Å²) in [5.74, 6) is -16.1. The molecule has 0 aliphatic rings. The highest BCUT2D eigenvalue weighted by molar-refractivity contribution is 5.93. The van der Waals surface area contributed by atoms with Crippen molar-refractivity contribution in [1.82, 2.24) is 0 Å². The second kappa shape index (κ2) is 8.22.